The molecule has 0 heterocycles. The van der Waals surface area contributed by atoms with Gasteiger partial charge in [0, 0.05) is 29.1 Å². The number of carbonyl (C=O) groups excluding carboxylic acids is 2. The average Bonchev–Trinajstić information content (AvgIpc) is 2.64. The summed E-state index contributed by atoms with van der Waals surface area (Å²) < 4.78 is 0. The molecule has 0 saturated heterocycles. The van der Waals surface area contributed by atoms with Gasteiger partial charge in [-0.2, -0.15) is 0 Å². The third-order valence-electron chi connectivity index (χ3n) is 4.41. The maximum absolute atomic E-state index is 13.0. The molecule has 0 aliphatic rings. The van der Waals surface area contributed by atoms with Crippen LogP contribution in [0, 0.1) is 0 Å². The second-order valence-corrected chi connectivity index (χ2v) is 7.93. The predicted molar refractivity (Wildman–Crippen MR) is 115 cm³/mol. The maximum atomic E-state index is 13.0. The Labute approximate surface area is 176 Å². The minimum atomic E-state index is -0.597. The summed E-state index contributed by atoms with van der Waals surface area (Å²) in [5, 5.41) is 4.12. The standard InChI is InChI=1S/C22H26Cl2N2O2/c1-15(2)25-22(28)16(3)26(14-17-7-6-9-19(23)13-17)21(27)12-11-18-8-4-5-10-20(18)24/h4-10,13,15-16H,11-12,14H2,1-3H3,(H,25,28)/t16-/m0/s1. The number of carbonyl (C=O) groups is 2. The van der Waals surface area contributed by atoms with Gasteiger partial charge >= 0.3 is 0 Å². The van der Waals surface area contributed by atoms with Crippen molar-refractivity contribution in [2.75, 3.05) is 0 Å². The molecule has 2 amide bonds. The van der Waals surface area contributed by atoms with Gasteiger partial charge in [-0.15, -0.1) is 0 Å². The molecule has 0 aromatic heterocycles. The summed E-state index contributed by atoms with van der Waals surface area (Å²) in [6.45, 7) is 5.85. The Kier molecular flexibility index (Phi) is 8.34. The number of halogens is 2. The molecule has 1 N–H and O–H groups in total. The van der Waals surface area contributed by atoms with Crippen LogP contribution in [0.1, 0.15) is 38.3 Å². The molecule has 1 atom stereocenters. The smallest absolute Gasteiger partial charge is 0.242 e. The SMILES string of the molecule is CC(C)NC(=O)[C@H](C)N(Cc1cccc(Cl)c1)C(=O)CCc1ccccc1Cl. The zero-order chi connectivity index (χ0) is 20.7. The molecular formula is C22H26Cl2N2O2. The number of nitrogens with zero attached hydrogens (tertiary/aromatic N) is 1. The van der Waals surface area contributed by atoms with E-state index >= 15 is 0 Å². The van der Waals surface area contributed by atoms with Crippen molar-refractivity contribution in [2.45, 2.75) is 52.2 Å². The molecular weight excluding hydrogens is 395 g/mol. The van der Waals surface area contributed by atoms with E-state index in [4.69, 9.17) is 23.2 Å². The first kappa shape index (κ1) is 22.3. The highest BCUT2D eigenvalue weighted by atomic mass is 35.5. The Balaban J connectivity index is 2.17. The molecule has 0 fully saturated rings. The van der Waals surface area contributed by atoms with Crippen LogP contribution in [0.5, 0.6) is 0 Å². The maximum Gasteiger partial charge on any atom is 0.242 e. The molecule has 0 aliphatic carbocycles. The highest BCUT2D eigenvalue weighted by Crippen LogP contribution is 2.19. The normalized spacial score (nSPS) is 11.9. The first-order valence-electron chi connectivity index (χ1n) is 9.35. The summed E-state index contributed by atoms with van der Waals surface area (Å²) in [6.07, 6.45) is 0.784. The van der Waals surface area contributed by atoms with E-state index in [0.717, 1.165) is 11.1 Å². The Bertz CT molecular complexity index is 824. The highest BCUT2D eigenvalue weighted by Gasteiger charge is 2.26. The zero-order valence-corrected chi connectivity index (χ0v) is 17.9. The number of amides is 2. The molecule has 4 nitrogen and oxygen atoms in total. The van der Waals surface area contributed by atoms with Crippen LogP contribution in [-0.4, -0.2) is 28.8 Å². The molecule has 2 rings (SSSR count). The number of aryl methyl sites for hydroxylation is 1. The largest absolute Gasteiger partial charge is 0.352 e. The third-order valence-corrected chi connectivity index (χ3v) is 5.01. The van der Waals surface area contributed by atoms with Crippen LogP contribution >= 0.6 is 23.2 Å². The molecule has 28 heavy (non-hydrogen) atoms. The number of hydrogen-bond donors (Lipinski definition) is 1. The summed E-state index contributed by atoms with van der Waals surface area (Å²) in [7, 11) is 0. The van der Waals surface area contributed by atoms with Crippen molar-refractivity contribution in [1.82, 2.24) is 10.2 Å². The summed E-state index contributed by atoms with van der Waals surface area (Å²) in [5.41, 5.74) is 1.79. The fraction of sp³-hybridized carbons (Fsp3) is 0.364. The van der Waals surface area contributed by atoms with Gasteiger partial charge in [0.05, 0.1) is 0 Å². The molecule has 150 valence electrons. The predicted octanol–water partition coefficient (Wildman–Crippen LogP) is 4.87. The van der Waals surface area contributed by atoms with Gasteiger partial charge in [-0.3, -0.25) is 9.59 Å². The quantitative estimate of drug-likeness (QED) is 0.661. The lowest BCUT2D eigenvalue weighted by Crippen LogP contribution is -2.49. The van der Waals surface area contributed by atoms with Crippen molar-refractivity contribution >= 4 is 35.0 Å². The Hall–Kier alpha value is -2.04. The van der Waals surface area contributed by atoms with Crippen molar-refractivity contribution in [3.63, 3.8) is 0 Å². The number of rotatable bonds is 8. The van der Waals surface area contributed by atoms with Gasteiger partial charge in [0.15, 0.2) is 0 Å². The first-order chi connectivity index (χ1) is 13.3. The number of hydrogen-bond acceptors (Lipinski definition) is 2. The Morgan fingerprint density at radius 3 is 2.39 bits per heavy atom. The van der Waals surface area contributed by atoms with Crippen molar-refractivity contribution < 1.29 is 9.59 Å². The monoisotopic (exact) mass is 420 g/mol. The fourth-order valence-electron chi connectivity index (χ4n) is 2.91. The van der Waals surface area contributed by atoms with Gasteiger partial charge in [-0.1, -0.05) is 53.5 Å². The lowest BCUT2D eigenvalue weighted by Gasteiger charge is -2.29. The number of nitrogens with one attached hydrogen (secondary N) is 1. The van der Waals surface area contributed by atoms with E-state index in [1.54, 1.807) is 17.9 Å². The average molecular weight is 421 g/mol. The molecule has 0 spiro atoms. The van der Waals surface area contributed by atoms with E-state index < -0.39 is 6.04 Å². The van der Waals surface area contributed by atoms with E-state index in [1.807, 2.05) is 56.3 Å². The lowest BCUT2D eigenvalue weighted by molar-refractivity contribution is -0.140. The second-order valence-electron chi connectivity index (χ2n) is 7.08. The van der Waals surface area contributed by atoms with Crippen LogP contribution in [0.25, 0.3) is 0 Å². The summed E-state index contributed by atoms with van der Waals surface area (Å²) in [6, 6.07) is 14.2. The summed E-state index contributed by atoms with van der Waals surface area (Å²) in [5.74, 6) is -0.283. The first-order valence-corrected chi connectivity index (χ1v) is 10.1. The van der Waals surface area contributed by atoms with Crippen LogP contribution in [0.15, 0.2) is 48.5 Å². The van der Waals surface area contributed by atoms with Gasteiger partial charge in [-0.05, 0) is 56.5 Å². The van der Waals surface area contributed by atoms with Gasteiger partial charge < -0.3 is 10.2 Å². The van der Waals surface area contributed by atoms with E-state index in [2.05, 4.69) is 5.32 Å². The molecule has 0 bridgehead atoms. The molecule has 6 heteroatoms. The van der Waals surface area contributed by atoms with Crippen LogP contribution in [-0.2, 0) is 22.6 Å². The molecule has 2 aromatic carbocycles. The van der Waals surface area contributed by atoms with Crippen LogP contribution < -0.4 is 5.32 Å². The molecule has 0 unspecified atom stereocenters. The van der Waals surface area contributed by atoms with E-state index in [0.29, 0.717) is 23.0 Å². The fourth-order valence-corrected chi connectivity index (χ4v) is 3.35. The van der Waals surface area contributed by atoms with Gasteiger partial charge in [0.1, 0.15) is 6.04 Å². The third kappa shape index (κ3) is 6.54. The van der Waals surface area contributed by atoms with Crippen molar-refractivity contribution in [1.29, 1.82) is 0 Å². The molecule has 0 saturated carbocycles. The summed E-state index contributed by atoms with van der Waals surface area (Å²) >= 11 is 12.3. The number of benzene rings is 2. The topological polar surface area (TPSA) is 49.4 Å². The minimum Gasteiger partial charge on any atom is -0.352 e. The van der Waals surface area contributed by atoms with Crippen LogP contribution in [0.4, 0.5) is 0 Å². The van der Waals surface area contributed by atoms with Crippen molar-refractivity contribution in [3.8, 4) is 0 Å². The van der Waals surface area contributed by atoms with Crippen molar-refractivity contribution in [2.24, 2.45) is 0 Å². The Morgan fingerprint density at radius 1 is 1.04 bits per heavy atom. The highest BCUT2D eigenvalue weighted by molar-refractivity contribution is 6.31. The van der Waals surface area contributed by atoms with Gasteiger partial charge in [0.2, 0.25) is 11.8 Å². The van der Waals surface area contributed by atoms with E-state index in [1.165, 1.54) is 0 Å². The zero-order valence-electron chi connectivity index (χ0n) is 16.4. The van der Waals surface area contributed by atoms with Gasteiger partial charge in [-0.25, -0.2) is 0 Å². The van der Waals surface area contributed by atoms with E-state index in [-0.39, 0.29) is 24.3 Å². The van der Waals surface area contributed by atoms with E-state index in [9.17, 15) is 9.59 Å². The van der Waals surface area contributed by atoms with Crippen molar-refractivity contribution in [3.05, 3.63) is 69.7 Å². The minimum absolute atomic E-state index is 0.00111. The molecule has 0 radical (unpaired) electrons. The molecule has 2 aromatic rings. The van der Waals surface area contributed by atoms with Gasteiger partial charge in [0.25, 0.3) is 0 Å². The second kappa shape index (κ2) is 10.5. The Morgan fingerprint density at radius 2 is 1.75 bits per heavy atom. The summed E-state index contributed by atoms with van der Waals surface area (Å²) in [4.78, 5) is 27.1. The van der Waals surface area contributed by atoms with Crippen LogP contribution in [0.3, 0.4) is 0 Å². The molecule has 0 aliphatic heterocycles. The van der Waals surface area contributed by atoms with Crippen LogP contribution in [0.2, 0.25) is 10.0 Å². The lowest BCUT2D eigenvalue weighted by atomic mass is 10.1.